The minimum atomic E-state index is -0.507. The molecular formula is C13H11ClN4O2. The highest BCUT2D eigenvalue weighted by Gasteiger charge is 2.14. The van der Waals surface area contributed by atoms with Gasteiger partial charge in [-0.1, -0.05) is 23.7 Å². The zero-order valence-electron chi connectivity index (χ0n) is 10.6. The number of hydrogen-bond acceptors (Lipinski definition) is 5. The molecule has 1 N–H and O–H groups in total. The highest BCUT2D eigenvalue weighted by molar-refractivity contribution is 6.30. The van der Waals surface area contributed by atoms with Gasteiger partial charge in [-0.25, -0.2) is 4.98 Å². The van der Waals surface area contributed by atoms with Gasteiger partial charge in [0, 0.05) is 16.8 Å². The van der Waals surface area contributed by atoms with E-state index in [4.69, 9.17) is 11.6 Å². The molecule has 0 aliphatic carbocycles. The molecule has 20 heavy (non-hydrogen) atoms. The average Bonchev–Trinajstić information content (AvgIpc) is 2.41. The number of benzene rings is 1. The molecule has 0 fully saturated rings. The fourth-order valence-corrected chi connectivity index (χ4v) is 1.62. The normalized spacial score (nSPS) is 10.7. The number of nitrogens with zero attached hydrogens (tertiary/aromatic N) is 3. The Kier molecular flexibility index (Phi) is 4.27. The summed E-state index contributed by atoms with van der Waals surface area (Å²) in [5.74, 6) is 0.111. The number of halogens is 1. The number of nitro groups is 1. The Morgan fingerprint density at radius 1 is 1.30 bits per heavy atom. The molecule has 0 radical (unpaired) electrons. The van der Waals surface area contributed by atoms with Crippen LogP contribution >= 0.6 is 11.6 Å². The van der Waals surface area contributed by atoms with Crippen molar-refractivity contribution in [1.29, 1.82) is 0 Å². The Labute approximate surface area is 120 Å². The van der Waals surface area contributed by atoms with Gasteiger partial charge in [-0.05, 0) is 30.7 Å². The highest BCUT2D eigenvalue weighted by atomic mass is 35.5. The third-order valence-corrected chi connectivity index (χ3v) is 2.72. The quantitative estimate of drug-likeness (QED) is 0.531. The molecule has 102 valence electrons. The lowest BCUT2D eigenvalue weighted by Crippen LogP contribution is -2.00. The van der Waals surface area contributed by atoms with Crippen LogP contribution in [-0.2, 0) is 0 Å². The van der Waals surface area contributed by atoms with Crippen LogP contribution in [0.1, 0.15) is 11.3 Å². The number of aryl methyl sites for hydroxylation is 1. The summed E-state index contributed by atoms with van der Waals surface area (Å²) in [6, 6.07) is 10.00. The Balaban J connectivity index is 2.16. The fraction of sp³-hybridized carbons (Fsp3) is 0.0769. The first kappa shape index (κ1) is 14.0. The molecule has 0 aliphatic rings. The molecule has 7 heteroatoms. The molecule has 0 atom stereocenters. The standard InChI is InChI=1S/C13H11ClN4O2/c1-9-2-7-12(18(19)20)13(16-9)17-15-8-10-3-5-11(14)6-4-10/h2-8H,1H3,(H,16,17)/b15-8-. The molecule has 2 aromatic rings. The first-order valence-electron chi connectivity index (χ1n) is 5.73. The van der Waals surface area contributed by atoms with Gasteiger partial charge in [-0.2, -0.15) is 5.10 Å². The van der Waals surface area contributed by atoms with Crippen molar-refractivity contribution in [2.24, 2.45) is 5.10 Å². The predicted octanol–water partition coefficient (Wildman–Crippen LogP) is 3.40. The molecule has 0 spiro atoms. The number of hydrogen-bond donors (Lipinski definition) is 1. The summed E-state index contributed by atoms with van der Waals surface area (Å²) in [7, 11) is 0. The molecule has 1 heterocycles. The van der Waals surface area contributed by atoms with Crippen LogP contribution in [0.2, 0.25) is 5.02 Å². The fourth-order valence-electron chi connectivity index (χ4n) is 1.50. The Morgan fingerprint density at radius 2 is 2.00 bits per heavy atom. The zero-order chi connectivity index (χ0) is 14.5. The maximum absolute atomic E-state index is 10.9. The lowest BCUT2D eigenvalue weighted by Gasteiger charge is -2.02. The SMILES string of the molecule is Cc1ccc([N+](=O)[O-])c(N/N=C\c2ccc(Cl)cc2)n1. The van der Waals surface area contributed by atoms with Gasteiger partial charge < -0.3 is 0 Å². The van der Waals surface area contributed by atoms with E-state index in [2.05, 4.69) is 15.5 Å². The topological polar surface area (TPSA) is 80.4 Å². The first-order chi connectivity index (χ1) is 9.56. The van der Waals surface area contributed by atoms with Gasteiger partial charge in [-0.3, -0.25) is 15.5 Å². The van der Waals surface area contributed by atoms with Crippen molar-refractivity contribution < 1.29 is 4.92 Å². The van der Waals surface area contributed by atoms with E-state index in [9.17, 15) is 10.1 Å². The first-order valence-corrected chi connectivity index (χ1v) is 6.11. The minimum Gasteiger partial charge on any atom is -0.258 e. The van der Waals surface area contributed by atoms with Crippen LogP contribution < -0.4 is 5.43 Å². The molecule has 6 nitrogen and oxygen atoms in total. The van der Waals surface area contributed by atoms with Crippen molar-refractivity contribution in [2.45, 2.75) is 6.92 Å². The Morgan fingerprint density at radius 3 is 2.65 bits per heavy atom. The van der Waals surface area contributed by atoms with Crippen molar-refractivity contribution in [3.05, 3.63) is 62.8 Å². The summed E-state index contributed by atoms with van der Waals surface area (Å²) < 4.78 is 0. The molecule has 0 saturated heterocycles. The van der Waals surface area contributed by atoms with Crippen molar-refractivity contribution >= 4 is 29.3 Å². The molecule has 1 aromatic heterocycles. The van der Waals surface area contributed by atoms with Gasteiger partial charge in [0.25, 0.3) is 0 Å². The highest BCUT2D eigenvalue weighted by Crippen LogP contribution is 2.21. The van der Waals surface area contributed by atoms with Crippen molar-refractivity contribution in [1.82, 2.24) is 4.98 Å². The van der Waals surface area contributed by atoms with Crippen LogP contribution in [0, 0.1) is 17.0 Å². The molecule has 0 aliphatic heterocycles. The van der Waals surface area contributed by atoms with E-state index in [1.165, 1.54) is 12.3 Å². The van der Waals surface area contributed by atoms with Crippen LogP contribution in [0.3, 0.4) is 0 Å². The van der Waals surface area contributed by atoms with E-state index in [1.807, 2.05) is 0 Å². The number of pyridine rings is 1. The summed E-state index contributed by atoms with van der Waals surface area (Å²) in [4.78, 5) is 14.4. The number of rotatable bonds is 4. The van der Waals surface area contributed by atoms with E-state index in [-0.39, 0.29) is 11.5 Å². The monoisotopic (exact) mass is 290 g/mol. The van der Waals surface area contributed by atoms with Crippen molar-refractivity contribution in [3.63, 3.8) is 0 Å². The maximum atomic E-state index is 10.9. The van der Waals surface area contributed by atoms with Crippen LogP contribution in [-0.4, -0.2) is 16.1 Å². The summed E-state index contributed by atoms with van der Waals surface area (Å²) >= 11 is 5.77. The second-order valence-corrected chi connectivity index (χ2v) is 4.44. The minimum absolute atomic E-state index is 0.111. The van der Waals surface area contributed by atoms with Crippen molar-refractivity contribution in [3.8, 4) is 0 Å². The van der Waals surface area contributed by atoms with Gasteiger partial charge in [0.2, 0.25) is 5.82 Å². The largest absolute Gasteiger partial charge is 0.313 e. The van der Waals surface area contributed by atoms with E-state index in [0.29, 0.717) is 10.7 Å². The lowest BCUT2D eigenvalue weighted by atomic mass is 10.2. The summed E-state index contributed by atoms with van der Waals surface area (Å²) in [5.41, 5.74) is 3.94. The Hall–Kier alpha value is -2.47. The van der Waals surface area contributed by atoms with Crippen LogP contribution in [0.25, 0.3) is 0 Å². The van der Waals surface area contributed by atoms with E-state index in [1.54, 1.807) is 37.3 Å². The van der Waals surface area contributed by atoms with Crippen LogP contribution in [0.15, 0.2) is 41.5 Å². The van der Waals surface area contributed by atoms with Gasteiger partial charge >= 0.3 is 5.69 Å². The third-order valence-electron chi connectivity index (χ3n) is 2.46. The second kappa shape index (κ2) is 6.12. The second-order valence-electron chi connectivity index (χ2n) is 4.00. The van der Waals surface area contributed by atoms with E-state index < -0.39 is 4.92 Å². The van der Waals surface area contributed by atoms with E-state index >= 15 is 0 Å². The third kappa shape index (κ3) is 3.52. The number of anilines is 1. The van der Waals surface area contributed by atoms with Gasteiger partial charge in [0.15, 0.2) is 0 Å². The number of aromatic nitrogens is 1. The number of nitrogens with one attached hydrogen (secondary N) is 1. The van der Waals surface area contributed by atoms with Crippen LogP contribution in [0.5, 0.6) is 0 Å². The molecular weight excluding hydrogens is 280 g/mol. The lowest BCUT2D eigenvalue weighted by molar-refractivity contribution is -0.384. The molecule has 2 rings (SSSR count). The van der Waals surface area contributed by atoms with Gasteiger partial charge in [0.1, 0.15) is 0 Å². The summed E-state index contributed by atoms with van der Waals surface area (Å²) in [5, 5.41) is 15.4. The maximum Gasteiger partial charge on any atom is 0.313 e. The zero-order valence-corrected chi connectivity index (χ0v) is 11.3. The van der Waals surface area contributed by atoms with Crippen molar-refractivity contribution in [2.75, 3.05) is 5.43 Å². The Bertz CT molecular complexity index is 656. The molecule has 0 bridgehead atoms. The molecule has 0 saturated carbocycles. The van der Waals surface area contributed by atoms with Gasteiger partial charge in [0.05, 0.1) is 11.1 Å². The van der Waals surface area contributed by atoms with E-state index in [0.717, 1.165) is 5.56 Å². The summed E-state index contributed by atoms with van der Waals surface area (Å²) in [6.45, 7) is 1.75. The summed E-state index contributed by atoms with van der Waals surface area (Å²) in [6.07, 6.45) is 1.53. The smallest absolute Gasteiger partial charge is 0.258 e. The molecule has 1 aromatic carbocycles. The van der Waals surface area contributed by atoms with Crippen LogP contribution in [0.4, 0.5) is 11.5 Å². The molecule has 0 unspecified atom stereocenters. The van der Waals surface area contributed by atoms with Gasteiger partial charge in [-0.15, -0.1) is 0 Å². The predicted molar refractivity (Wildman–Crippen MR) is 78.3 cm³/mol. The molecule has 0 amide bonds. The number of hydrazone groups is 1. The average molecular weight is 291 g/mol.